The molecule has 0 unspecified atom stereocenters. The first-order chi connectivity index (χ1) is 11.2. The van der Waals surface area contributed by atoms with Gasteiger partial charge in [-0.05, 0) is 38.1 Å². The maximum Gasteiger partial charge on any atom is 0.246 e. The number of piperazine rings is 1. The molecule has 0 bridgehead atoms. The number of carbonyl (C=O) groups excluding carboxylic acids is 1. The van der Waals surface area contributed by atoms with Crippen LogP contribution < -0.4 is 4.31 Å². The number of amides is 1. The Balaban J connectivity index is 2.22. The number of likely N-dealkylation sites (N-methyl/N-ethyl adjacent to an activating group) is 1. The number of anilines is 1. The van der Waals surface area contributed by atoms with Crippen LogP contribution in [0.5, 0.6) is 0 Å². The lowest BCUT2D eigenvalue weighted by Gasteiger charge is -2.37. The van der Waals surface area contributed by atoms with Crippen molar-refractivity contribution >= 4 is 21.6 Å². The summed E-state index contributed by atoms with van der Waals surface area (Å²) in [5, 5.41) is 0. The minimum atomic E-state index is -3.56. The molecule has 1 aliphatic heterocycles. The average molecular weight is 353 g/mol. The quantitative estimate of drug-likeness (QED) is 0.801. The van der Waals surface area contributed by atoms with Gasteiger partial charge in [0.2, 0.25) is 15.9 Å². The number of benzene rings is 1. The number of aryl methyl sites for hydroxylation is 1. The van der Waals surface area contributed by atoms with Crippen molar-refractivity contribution in [3.8, 4) is 0 Å². The third-order valence-electron chi connectivity index (χ3n) is 4.45. The fraction of sp³-hybridized carbons (Fsp3) is 0.588. The van der Waals surface area contributed by atoms with E-state index in [0.29, 0.717) is 18.8 Å². The summed E-state index contributed by atoms with van der Waals surface area (Å²) in [4.78, 5) is 16.9. The largest absolute Gasteiger partial charge is 0.338 e. The standard InChI is InChI=1S/C17H27N3O3S/c1-5-18-9-11-19(12-10-18)17(21)15(3)20(24(4,22)23)16-8-6-7-14(2)13-16/h6-8,13,15H,5,9-12H2,1-4H3/t15-/m1/s1. The third kappa shape index (κ3) is 4.27. The monoisotopic (exact) mass is 353 g/mol. The Labute approximate surface area is 145 Å². The number of rotatable bonds is 5. The molecule has 0 saturated carbocycles. The Morgan fingerprint density at radius 2 is 1.88 bits per heavy atom. The molecule has 24 heavy (non-hydrogen) atoms. The van der Waals surface area contributed by atoms with Gasteiger partial charge in [-0.25, -0.2) is 8.42 Å². The van der Waals surface area contributed by atoms with E-state index in [2.05, 4.69) is 11.8 Å². The molecular weight excluding hydrogens is 326 g/mol. The molecule has 0 aliphatic carbocycles. The summed E-state index contributed by atoms with van der Waals surface area (Å²) >= 11 is 0. The second-order valence-electron chi connectivity index (χ2n) is 6.33. The van der Waals surface area contributed by atoms with Crippen LogP contribution in [0.2, 0.25) is 0 Å². The Bertz CT molecular complexity index is 682. The zero-order chi connectivity index (χ0) is 17.9. The molecule has 2 rings (SSSR count). The van der Waals surface area contributed by atoms with E-state index in [1.807, 2.05) is 13.0 Å². The number of hydrogen-bond donors (Lipinski definition) is 0. The normalized spacial score (nSPS) is 17.6. The molecular formula is C17H27N3O3S. The van der Waals surface area contributed by atoms with Gasteiger partial charge in [0.15, 0.2) is 0 Å². The second-order valence-corrected chi connectivity index (χ2v) is 8.19. The molecule has 1 atom stereocenters. The predicted molar refractivity (Wildman–Crippen MR) is 96.7 cm³/mol. The van der Waals surface area contributed by atoms with Crippen molar-refractivity contribution in [2.75, 3.05) is 43.3 Å². The van der Waals surface area contributed by atoms with Crippen LogP contribution in [0, 0.1) is 6.92 Å². The van der Waals surface area contributed by atoms with Gasteiger partial charge in [0.1, 0.15) is 6.04 Å². The molecule has 0 aromatic heterocycles. The van der Waals surface area contributed by atoms with E-state index >= 15 is 0 Å². The Morgan fingerprint density at radius 3 is 2.38 bits per heavy atom. The zero-order valence-corrected chi connectivity index (χ0v) is 15.7. The van der Waals surface area contributed by atoms with Crippen LogP contribution >= 0.6 is 0 Å². The highest BCUT2D eigenvalue weighted by Crippen LogP contribution is 2.23. The molecule has 0 spiro atoms. The highest BCUT2D eigenvalue weighted by Gasteiger charge is 2.33. The minimum Gasteiger partial charge on any atom is -0.338 e. The molecule has 7 heteroatoms. The molecule has 0 radical (unpaired) electrons. The van der Waals surface area contributed by atoms with Gasteiger partial charge in [-0.1, -0.05) is 19.1 Å². The first kappa shape index (κ1) is 18.7. The highest BCUT2D eigenvalue weighted by atomic mass is 32.2. The topological polar surface area (TPSA) is 60.9 Å². The summed E-state index contributed by atoms with van der Waals surface area (Å²) in [5.41, 5.74) is 1.49. The van der Waals surface area contributed by atoms with Gasteiger partial charge in [0.05, 0.1) is 11.9 Å². The van der Waals surface area contributed by atoms with Crippen LogP contribution in [0.4, 0.5) is 5.69 Å². The first-order valence-electron chi connectivity index (χ1n) is 8.31. The lowest BCUT2D eigenvalue weighted by molar-refractivity contribution is -0.133. The summed E-state index contributed by atoms with van der Waals surface area (Å²) in [5.74, 6) is -0.141. The summed E-state index contributed by atoms with van der Waals surface area (Å²) in [7, 11) is -3.56. The van der Waals surface area contributed by atoms with Crippen LogP contribution in [0.1, 0.15) is 19.4 Å². The van der Waals surface area contributed by atoms with Crippen molar-refractivity contribution in [2.45, 2.75) is 26.8 Å². The summed E-state index contributed by atoms with van der Waals surface area (Å²) in [6.07, 6.45) is 1.15. The van der Waals surface area contributed by atoms with Gasteiger partial charge in [-0.15, -0.1) is 0 Å². The molecule has 6 nitrogen and oxygen atoms in total. The van der Waals surface area contributed by atoms with E-state index in [-0.39, 0.29) is 5.91 Å². The fourth-order valence-corrected chi connectivity index (χ4v) is 4.28. The van der Waals surface area contributed by atoms with Crippen molar-refractivity contribution < 1.29 is 13.2 Å². The van der Waals surface area contributed by atoms with E-state index in [4.69, 9.17) is 0 Å². The van der Waals surface area contributed by atoms with Crippen molar-refractivity contribution in [1.29, 1.82) is 0 Å². The molecule has 0 N–H and O–H groups in total. The average Bonchev–Trinajstić information content (AvgIpc) is 2.53. The fourth-order valence-electron chi connectivity index (χ4n) is 3.12. The number of hydrogen-bond acceptors (Lipinski definition) is 4. The summed E-state index contributed by atoms with van der Waals surface area (Å²) in [6, 6.07) is 6.47. The number of nitrogens with zero attached hydrogens (tertiary/aromatic N) is 3. The SMILES string of the molecule is CCN1CCN(C(=O)[C@@H](C)N(c2cccc(C)c2)S(C)(=O)=O)CC1. The van der Waals surface area contributed by atoms with E-state index in [1.54, 1.807) is 30.0 Å². The summed E-state index contributed by atoms with van der Waals surface area (Å²) < 4.78 is 25.9. The lowest BCUT2D eigenvalue weighted by atomic mass is 10.2. The number of sulfonamides is 1. The summed E-state index contributed by atoms with van der Waals surface area (Å²) in [6.45, 7) is 9.58. The maximum absolute atomic E-state index is 12.8. The highest BCUT2D eigenvalue weighted by molar-refractivity contribution is 7.92. The van der Waals surface area contributed by atoms with E-state index in [9.17, 15) is 13.2 Å². The second kappa shape index (κ2) is 7.53. The van der Waals surface area contributed by atoms with E-state index in [0.717, 1.165) is 31.5 Å². The van der Waals surface area contributed by atoms with Crippen molar-refractivity contribution in [3.05, 3.63) is 29.8 Å². The molecule has 1 aromatic carbocycles. The van der Waals surface area contributed by atoms with Crippen LogP contribution in [-0.2, 0) is 14.8 Å². The van der Waals surface area contributed by atoms with Crippen molar-refractivity contribution in [2.24, 2.45) is 0 Å². The van der Waals surface area contributed by atoms with Crippen LogP contribution in [-0.4, -0.2) is 69.1 Å². The van der Waals surface area contributed by atoms with Gasteiger partial charge in [0, 0.05) is 26.2 Å². The molecule has 134 valence electrons. The molecule has 1 heterocycles. The number of carbonyl (C=O) groups is 1. The van der Waals surface area contributed by atoms with Gasteiger partial charge in [0.25, 0.3) is 0 Å². The first-order valence-corrected chi connectivity index (χ1v) is 10.2. The maximum atomic E-state index is 12.8. The Hall–Kier alpha value is -1.60. The van der Waals surface area contributed by atoms with Crippen LogP contribution in [0.3, 0.4) is 0 Å². The zero-order valence-electron chi connectivity index (χ0n) is 14.9. The van der Waals surface area contributed by atoms with Gasteiger partial charge >= 0.3 is 0 Å². The predicted octanol–water partition coefficient (Wildman–Crippen LogP) is 1.31. The van der Waals surface area contributed by atoms with Gasteiger partial charge in [-0.2, -0.15) is 0 Å². The molecule has 1 aliphatic rings. The van der Waals surface area contributed by atoms with E-state index in [1.165, 1.54) is 4.31 Å². The van der Waals surface area contributed by atoms with E-state index < -0.39 is 16.1 Å². The van der Waals surface area contributed by atoms with Crippen LogP contribution in [0.15, 0.2) is 24.3 Å². The lowest BCUT2D eigenvalue weighted by Crippen LogP contribution is -2.55. The molecule has 1 amide bonds. The van der Waals surface area contributed by atoms with Gasteiger partial charge < -0.3 is 9.80 Å². The smallest absolute Gasteiger partial charge is 0.246 e. The van der Waals surface area contributed by atoms with Crippen molar-refractivity contribution in [3.63, 3.8) is 0 Å². The van der Waals surface area contributed by atoms with Gasteiger partial charge in [-0.3, -0.25) is 9.10 Å². The third-order valence-corrected chi connectivity index (χ3v) is 5.70. The Morgan fingerprint density at radius 1 is 1.25 bits per heavy atom. The molecule has 1 fully saturated rings. The Kier molecular flexibility index (Phi) is 5.87. The molecule has 1 saturated heterocycles. The minimum absolute atomic E-state index is 0.141. The van der Waals surface area contributed by atoms with Crippen LogP contribution in [0.25, 0.3) is 0 Å². The van der Waals surface area contributed by atoms with Crippen molar-refractivity contribution in [1.82, 2.24) is 9.80 Å². The molecule has 1 aromatic rings.